The van der Waals surface area contributed by atoms with E-state index >= 15 is 0 Å². The lowest BCUT2D eigenvalue weighted by Gasteiger charge is -2.37. The Morgan fingerprint density at radius 1 is 1.40 bits per heavy atom. The molecule has 2 rings (SSSR count). The van der Waals surface area contributed by atoms with Gasteiger partial charge in [0, 0.05) is 38.4 Å². The first-order valence-corrected chi connectivity index (χ1v) is 7.30. The number of hydrogen-bond acceptors (Lipinski definition) is 5. The van der Waals surface area contributed by atoms with Gasteiger partial charge in [0.2, 0.25) is 0 Å². The third-order valence-electron chi connectivity index (χ3n) is 3.62. The van der Waals surface area contributed by atoms with Gasteiger partial charge >= 0.3 is 0 Å². The minimum Gasteiger partial charge on any atom is -0.487 e. The Hall–Kier alpha value is -1.33. The molecule has 1 aliphatic heterocycles. The summed E-state index contributed by atoms with van der Waals surface area (Å²) >= 11 is 0. The summed E-state index contributed by atoms with van der Waals surface area (Å²) in [5.74, 6) is 1.66. The predicted octanol–water partition coefficient (Wildman–Crippen LogP) is 1.53. The number of pyridine rings is 1. The lowest BCUT2D eigenvalue weighted by molar-refractivity contribution is 0.121. The number of rotatable bonds is 5. The van der Waals surface area contributed by atoms with Gasteiger partial charge in [-0.15, -0.1) is 0 Å². The van der Waals surface area contributed by atoms with Crippen molar-refractivity contribution in [1.29, 1.82) is 0 Å². The summed E-state index contributed by atoms with van der Waals surface area (Å²) in [6, 6.07) is 4.37. The molecule has 0 bridgehead atoms. The maximum absolute atomic E-state index is 5.78. The summed E-state index contributed by atoms with van der Waals surface area (Å²) in [5.41, 5.74) is 0. The molecule has 20 heavy (non-hydrogen) atoms. The Balaban J connectivity index is 1.96. The molecular weight excluding hydrogens is 252 g/mol. The van der Waals surface area contributed by atoms with Crippen LogP contribution in [0.4, 0.5) is 5.82 Å². The van der Waals surface area contributed by atoms with Crippen molar-refractivity contribution >= 4 is 5.82 Å². The van der Waals surface area contributed by atoms with Gasteiger partial charge in [0.1, 0.15) is 0 Å². The Morgan fingerprint density at radius 3 is 2.95 bits per heavy atom. The van der Waals surface area contributed by atoms with Gasteiger partial charge < -0.3 is 15.0 Å². The van der Waals surface area contributed by atoms with Crippen LogP contribution in [-0.2, 0) is 0 Å². The van der Waals surface area contributed by atoms with Gasteiger partial charge in [-0.05, 0) is 40.1 Å². The van der Waals surface area contributed by atoms with E-state index in [1.54, 1.807) is 6.20 Å². The van der Waals surface area contributed by atoms with Gasteiger partial charge in [-0.2, -0.15) is 0 Å². The summed E-state index contributed by atoms with van der Waals surface area (Å²) in [6.45, 7) is 8.27. The quantitative estimate of drug-likeness (QED) is 0.884. The van der Waals surface area contributed by atoms with E-state index in [1.807, 2.05) is 26.0 Å². The highest BCUT2D eigenvalue weighted by atomic mass is 16.5. The fourth-order valence-electron chi connectivity index (χ4n) is 2.41. The molecule has 1 N–H and O–H groups in total. The fraction of sp³-hybridized carbons (Fsp3) is 0.667. The lowest BCUT2D eigenvalue weighted by atomic mass is 10.2. The molecule has 5 nitrogen and oxygen atoms in total. The van der Waals surface area contributed by atoms with Crippen molar-refractivity contribution in [1.82, 2.24) is 14.8 Å². The highest BCUT2D eigenvalue weighted by Gasteiger charge is 2.22. The maximum atomic E-state index is 5.78. The van der Waals surface area contributed by atoms with Crippen LogP contribution in [0.3, 0.4) is 0 Å². The van der Waals surface area contributed by atoms with E-state index < -0.39 is 0 Å². The molecule has 0 amide bonds. The molecule has 0 saturated carbocycles. The van der Waals surface area contributed by atoms with E-state index in [1.165, 1.54) is 0 Å². The first kappa shape index (κ1) is 15.1. The van der Waals surface area contributed by atoms with Crippen molar-refractivity contribution < 1.29 is 4.74 Å². The molecule has 1 unspecified atom stereocenters. The Bertz CT molecular complexity index is 424. The van der Waals surface area contributed by atoms with Crippen LogP contribution in [0.1, 0.15) is 13.8 Å². The van der Waals surface area contributed by atoms with Crippen molar-refractivity contribution in [2.45, 2.75) is 26.0 Å². The second kappa shape index (κ2) is 6.90. The first-order valence-electron chi connectivity index (χ1n) is 7.30. The third-order valence-corrected chi connectivity index (χ3v) is 3.62. The number of anilines is 1. The minimum absolute atomic E-state index is 0.156. The number of aromatic nitrogens is 1. The highest BCUT2D eigenvalue weighted by Crippen LogP contribution is 2.22. The molecule has 1 aliphatic rings. The van der Waals surface area contributed by atoms with Gasteiger partial charge in [0.05, 0.1) is 6.10 Å². The fourth-order valence-corrected chi connectivity index (χ4v) is 2.41. The van der Waals surface area contributed by atoms with E-state index in [-0.39, 0.29) is 6.10 Å². The van der Waals surface area contributed by atoms with Crippen LogP contribution >= 0.6 is 0 Å². The zero-order chi connectivity index (χ0) is 14.5. The van der Waals surface area contributed by atoms with Crippen LogP contribution in [0.5, 0.6) is 5.75 Å². The minimum atomic E-state index is 0.156. The second-order valence-electron chi connectivity index (χ2n) is 5.79. The summed E-state index contributed by atoms with van der Waals surface area (Å²) in [7, 11) is 4.36. The summed E-state index contributed by atoms with van der Waals surface area (Å²) in [6.07, 6.45) is 1.95. The Morgan fingerprint density at radius 2 is 2.20 bits per heavy atom. The van der Waals surface area contributed by atoms with Crippen molar-refractivity contribution in [3.63, 3.8) is 0 Å². The standard InChI is InChI=1S/C15H26N4O/c1-12(2)20-14-6-5-7-16-15(14)17-10-13-11-18(3)8-9-19(13)4/h5-7,12-13H,8-11H2,1-4H3,(H,16,17). The van der Waals surface area contributed by atoms with Gasteiger partial charge in [-0.3, -0.25) is 4.90 Å². The molecule has 0 aromatic carbocycles. The summed E-state index contributed by atoms with van der Waals surface area (Å²) < 4.78 is 5.78. The normalized spacial score (nSPS) is 21.1. The first-order chi connectivity index (χ1) is 9.56. The van der Waals surface area contributed by atoms with Gasteiger partial charge in [-0.25, -0.2) is 4.98 Å². The van der Waals surface area contributed by atoms with Gasteiger partial charge in [-0.1, -0.05) is 0 Å². The molecule has 1 saturated heterocycles. The molecule has 0 aliphatic carbocycles. The van der Waals surface area contributed by atoms with E-state index in [0.717, 1.165) is 37.7 Å². The van der Waals surface area contributed by atoms with Crippen LogP contribution < -0.4 is 10.1 Å². The average Bonchev–Trinajstić information content (AvgIpc) is 2.41. The summed E-state index contributed by atoms with van der Waals surface area (Å²) in [4.78, 5) is 9.17. The van der Waals surface area contributed by atoms with Gasteiger partial charge in [0.25, 0.3) is 0 Å². The Kier molecular flexibility index (Phi) is 5.20. The van der Waals surface area contributed by atoms with Crippen LogP contribution in [-0.4, -0.2) is 67.2 Å². The maximum Gasteiger partial charge on any atom is 0.168 e. The van der Waals surface area contributed by atoms with Crippen molar-refractivity contribution in [2.75, 3.05) is 45.6 Å². The van der Waals surface area contributed by atoms with Crippen molar-refractivity contribution in [3.8, 4) is 5.75 Å². The molecular formula is C15H26N4O. The van der Waals surface area contributed by atoms with Crippen LogP contribution in [0.2, 0.25) is 0 Å². The monoisotopic (exact) mass is 278 g/mol. The van der Waals surface area contributed by atoms with E-state index in [9.17, 15) is 0 Å². The molecule has 0 spiro atoms. The number of nitrogens with one attached hydrogen (secondary N) is 1. The average molecular weight is 278 g/mol. The smallest absolute Gasteiger partial charge is 0.168 e. The van der Waals surface area contributed by atoms with E-state index in [2.05, 4.69) is 34.2 Å². The SMILES string of the molecule is CC(C)Oc1cccnc1NCC1CN(C)CCN1C. The topological polar surface area (TPSA) is 40.6 Å². The number of nitrogens with zero attached hydrogens (tertiary/aromatic N) is 3. The predicted molar refractivity (Wildman–Crippen MR) is 82.4 cm³/mol. The van der Waals surface area contributed by atoms with E-state index in [0.29, 0.717) is 6.04 Å². The van der Waals surface area contributed by atoms with Crippen LogP contribution in [0.15, 0.2) is 18.3 Å². The molecule has 1 fully saturated rings. The Labute approximate surface area is 121 Å². The third kappa shape index (κ3) is 4.08. The largest absolute Gasteiger partial charge is 0.487 e. The molecule has 1 atom stereocenters. The van der Waals surface area contributed by atoms with Gasteiger partial charge in [0.15, 0.2) is 11.6 Å². The van der Waals surface area contributed by atoms with E-state index in [4.69, 9.17) is 4.74 Å². The van der Waals surface area contributed by atoms with Crippen molar-refractivity contribution in [2.24, 2.45) is 0 Å². The number of ether oxygens (including phenoxy) is 1. The summed E-state index contributed by atoms with van der Waals surface area (Å²) in [5, 5.41) is 3.43. The van der Waals surface area contributed by atoms with Crippen LogP contribution in [0, 0.1) is 0 Å². The molecule has 0 radical (unpaired) electrons. The van der Waals surface area contributed by atoms with Crippen LogP contribution in [0.25, 0.3) is 0 Å². The highest BCUT2D eigenvalue weighted by molar-refractivity contribution is 5.49. The zero-order valence-electron chi connectivity index (χ0n) is 13.0. The van der Waals surface area contributed by atoms with Crippen molar-refractivity contribution in [3.05, 3.63) is 18.3 Å². The lowest BCUT2D eigenvalue weighted by Crippen LogP contribution is -2.52. The molecule has 5 heteroatoms. The number of piperazine rings is 1. The molecule has 1 aromatic heterocycles. The molecule has 1 aromatic rings. The zero-order valence-corrected chi connectivity index (χ0v) is 13.0. The molecule has 2 heterocycles. The number of likely N-dealkylation sites (N-methyl/N-ethyl adjacent to an activating group) is 2. The second-order valence-corrected chi connectivity index (χ2v) is 5.79. The molecule has 112 valence electrons. The number of hydrogen-bond donors (Lipinski definition) is 1.